The number of nitrogens with zero attached hydrogens (tertiary/aromatic N) is 3. The van der Waals surface area contributed by atoms with Crippen LogP contribution in [0.5, 0.6) is 0 Å². The van der Waals surface area contributed by atoms with Crippen LogP contribution in [0.3, 0.4) is 0 Å². The van der Waals surface area contributed by atoms with E-state index in [9.17, 15) is 0 Å². The van der Waals surface area contributed by atoms with Crippen molar-refractivity contribution in [2.45, 2.75) is 19.3 Å². The number of para-hydroxylation sites is 1. The Kier molecular flexibility index (Phi) is 2.60. The molecule has 0 bridgehead atoms. The molecule has 0 spiro atoms. The first-order valence-corrected chi connectivity index (χ1v) is 7.52. The van der Waals surface area contributed by atoms with Crippen LogP contribution in [-0.2, 0) is 12.8 Å². The summed E-state index contributed by atoms with van der Waals surface area (Å²) in [6.07, 6.45) is 5.21. The number of aryl methyl sites for hydroxylation is 1. The van der Waals surface area contributed by atoms with Gasteiger partial charge in [0.1, 0.15) is 6.33 Å². The van der Waals surface area contributed by atoms with Crippen LogP contribution in [0.15, 0.2) is 36.7 Å². The van der Waals surface area contributed by atoms with E-state index >= 15 is 0 Å². The summed E-state index contributed by atoms with van der Waals surface area (Å²) in [5, 5.41) is 9.26. The fourth-order valence-electron chi connectivity index (χ4n) is 2.85. The SMILES string of the molecule is Nc1sc2c(c1-c1nncn1-c1ccccc1)CCC2. The molecule has 0 amide bonds. The molecule has 20 heavy (non-hydrogen) atoms. The standard InChI is InChI=1S/C15H14N4S/c16-14-13(11-7-4-8-12(11)20-14)15-18-17-9-19(15)10-5-2-1-3-6-10/h1-3,5-6,9H,4,7-8,16H2. The average molecular weight is 282 g/mol. The molecule has 2 aromatic heterocycles. The van der Waals surface area contributed by atoms with E-state index in [-0.39, 0.29) is 0 Å². The van der Waals surface area contributed by atoms with E-state index in [0.29, 0.717) is 0 Å². The lowest BCUT2D eigenvalue weighted by Gasteiger charge is -2.07. The lowest BCUT2D eigenvalue weighted by atomic mass is 10.1. The summed E-state index contributed by atoms with van der Waals surface area (Å²) >= 11 is 1.70. The molecule has 1 aromatic carbocycles. The lowest BCUT2D eigenvalue weighted by molar-refractivity contribution is 0.914. The average Bonchev–Trinajstić information content (AvgIpc) is 3.15. The van der Waals surface area contributed by atoms with Crippen LogP contribution in [0, 0.1) is 0 Å². The number of nitrogen functional groups attached to an aromatic ring is 1. The largest absolute Gasteiger partial charge is 0.390 e. The minimum atomic E-state index is 0.855. The summed E-state index contributed by atoms with van der Waals surface area (Å²) in [6, 6.07) is 10.1. The van der Waals surface area contributed by atoms with Gasteiger partial charge in [-0.15, -0.1) is 21.5 Å². The first-order chi connectivity index (χ1) is 9.84. The number of nitrogens with two attached hydrogens (primary N) is 1. The molecule has 0 atom stereocenters. The van der Waals surface area contributed by atoms with Gasteiger partial charge in [-0.05, 0) is 37.0 Å². The van der Waals surface area contributed by atoms with Gasteiger partial charge in [0.15, 0.2) is 5.82 Å². The Labute approximate surface area is 120 Å². The molecule has 3 aromatic rings. The molecular formula is C15H14N4S. The maximum absolute atomic E-state index is 6.23. The molecule has 0 fully saturated rings. The Balaban J connectivity index is 1.91. The van der Waals surface area contributed by atoms with Crippen LogP contribution >= 0.6 is 11.3 Å². The van der Waals surface area contributed by atoms with Crippen LogP contribution in [-0.4, -0.2) is 14.8 Å². The number of hydrogen-bond donors (Lipinski definition) is 1. The van der Waals surface area contributed by atoms with Crippen molar-refractivity contribution in [2.24, 2.45) is 0 Å². The Morgan fingerprint density at radius 1 is 1.15 bits per heavy atom. The van der Waals surface area contributed by atoms with Gasteiger partial charge in [0.2, 0.25) is 0 Å². The van der Waals surface area contributed by atoms with Crippen LogP contribution in [0.25, 0.3) is 17.1 Å². The summed E-state index contributed by atoms with van der Waals surface area (Å²) < 4.78 is 2.01. The third-order valence-electron chi connectivity index (χ3n) is 3.75. The van der Waals surface area contributed by atoms with Gasteiger partial charge in [0.05, 0.1) is 10.6 Å². The number of thiophene rings is 1. The molecule has 2 heterocycles. The molecule has 1 aliphatic rings. The van der Waals surface area contributed by atoms with Gasteiger partial charge in [-0.2, -0.15) is 0 Å². The fourth-order valence-corrected chi connectivity index (χ4v) is 4.01. The topological polar surface area (TPSA) is 56.7 Å². The van der Waals surface area contributed by atoms with E-state index in [4.69, 9.17) is 5.73 Å². The van der Waals surface area contributed by atoms with Gasteiger partial charge in [0, 0.05) is 10.6 Å². The van der Waals surface area contributed by atoms with Crippen LogP contribution < -0.4 is 5.73 Å². The normalized spacial score (nSPS) is 13.6. The summed E-state index contributed by atoms with van der Waals surface area (Å²) in [6.45, 7) is 0. The van der Waals surface area contributed by atoms with Crippen molar-refractivity contribution in [1.29, 1.82) is 0 Å². The van der Waals surface area contributed by atoms with E-state index in [2.05, 4.69) is 22.3 Å². The molecule has 2 N–H and O–H groups in total. The zero-order chi connectivity index (χ0) is 13.5. The van der Waals surface area contributed by atoms with Crippen molar-refractivity contribution in [2.75, 3.05) is 5.73 Å². The zero-order valence-corrected chi connectivity index (χ0v) is 11.7. The molecule has 0 saturated heterocycles. The van der Waals surface area contributed by atoms with Crippen molar-refractivity contribution in [3.05, 3.63) is 47.1 Å². The van der Waals surface area contributed by atoms with Crippen molar-refractivity contribution in [3.8, 4) is 17.1 Å². The number of anilines is 1. The quantitative estimate of drug-likeness (QED) is 0.786. The summed E-state index contributed by atoms with van der Waals surface area (Å²) in [4.78, 5) is 1.42. The summed E-state index contributed by atoms with van der Waals surface area (Å²) in [5.74, 6) is 0.855. The van der Waals surface area contributed by atoms with Crippen LogP contribution in [0.2, 0.25) is 0 Å². The summed E-state index contributed by atoms with van der Waals surface area (Å²) in [5.41, 5.74) is 9.75. The molecule has 0 saturated carbocycles. The minimum Gasteiger partial charge on any atom is -0.390 e. The van der Waals surface area contributed by atoms with Crippen LogP contribution in [0.4, 0.5) is 5.00 Å². The summed E-state index contributed by atoms with van der Waals surface area (Å²) in [7, 11) is 0. The van der Waals surface area contributed by atoms with Gasteiger partial charge < -0.3 is 5.73 Å². The second-order valence-electron chi connectivity index (χ2n) is 4.96. The molecule has 1 aliphatic carbocycles. The molecular weight excluding hydrogens is 268 g/mol. The Morgan fingerprint density at radius 3 is 2.85 bits per heavy atom. The molecule has 4 rings (SSSR count). The first kappa shape index (κ1) is 11.7. The van der Waals surface area contributed by atoms with Crippen LogP contribution in [0.1, 0.15) is 16.9 Å². The monoisotopic (exact) mass is 282 g/mol. The smallest absolute Gasteiger partial charge is 0.171 e. The highest BCUT2D eigenvalue weighted by molar-refractivity contribution is 7.16. The van der Waals surface area contributed by atoms with Crippen molar-refractivity contribution >= 4 is 16.3 Å². The Morgan fingerprint density at radius 2 is 2.00 bits per heavy atom. The highest BCUT2D eigenvalue weighted by Crippen LogP contribution is 2.42. The number of rotatable bonds is 2. The number of fused-ring (bicyclic) bond motifs is 1. The Hall–Kier alpha value is -2.14. The van der Waals surface area contributed by atoms with E-state index in [0.717, 1.165) is 34.9 Å². The van der Waals surface area contributed by atoms with Gasteiger partial charge >= 0.3 is 0 Å². The molecule has 0 unspecified atom stereocenters. The predicted molar refractivity (Wildman–Crippen MR) is 81.1 cm³/mol. The number of aromatic nitrogens is 3. The second-order valence-corrected chi connectivity index (χ2v) is 6.09. The number of benzene rings is 1. The van der Waals surface area contributed by atoms with Gasteiger partial charge in [-0.3, -0.25) is 4.57 Å². The Bertz CT molecular complexity index is 758. The van der Waals surface area contributed by atoms with E-state index in [1.165, 1.54) is 16.9 Å². The third-order valence-corrected chi connectivity index (χ3v) is 4.88. The second kappa shape index (κ2) is 4.45. The highest BCUT2D eigenvalue weighted by Gasteiger charge is 2.25. The van der Waals surface area contributed by atoms with E-state index < -0.39 is 0 Å². The molecule has 100 valence electrons. The third kappa shape index (κ3) is 1.67. The molecule has 4 nitrogen and oxygen atoms in total. The van der Waals surface area contributed by atoms with Crippen molar-refractivity contribution in [3.63, 3.8) is 0 Å². The molecule has 0 aliphatic heterocycles. The number of hydrogen-bond acceptors (Lipinski definition) is 4. The maximum Gasteiger partial charge on any atom is 0.171 e. The van der Waals surface area contributed by atoms with Gasteiger partial charge in [0.25, 0.3) is 0 Å². The minimum absolute atomic E-state index is 0.855. The first-order valence-electron chi connectivity index (χ1n) is 6.70. The zero-order valence-electron chi connectivity index (χ0n) is 10.9. The van der Waals surface area contributed by atoms with E-state index in [1.807, 2.05) is 22.8 Å². The highest BCUT2D eigenvalue weighted by atomic mass is 32.1. The van der Waals surface area contributed by atoms with Gasteiger partial charge in [-0.25, -0.2) is 0 Å². The molecule has 0 radical (unpaired) electrons. The van der Waals surface area contributed by atoms with Crippen molar-refractivity contribution < 1.29 is 0 Å². The van der Waals surface area contributed by atoms with Gasteiger partial charge in [-0.1, -0.05) is 18.2 Å². The molecule has 5 heteroatoms. The van der Waals surface area contributed by atoms with Crippen molar-refractivity contribution in [1.82, 2.24) is 14.8 Å². The maximum atomic E-state index is 6.23. The fraction of sp³-hybridized carbons (Fsp3) is 0.200. The predicted octanol–water partition coefficient (Wildman–Crippen LogP) is 3.07. The van der Waals surface area contributed by atoms with E-state index in [1.54, 1.807) is 17.7 Å². The lowest BCUT2D eigenvalue weighted by Crippen LogP contribution is -1.98.